The first-order chi connectivity index (χ1) is 12.5. The fourth-order valence-electron chi connectivity index (χ4n) is 3.80. The second-order valence-corrected chi connectivity index (χ2v) is 7.68. The van der Waals surface area contributed by atoms with E-state index in [4.69, 9.17) is 4.74 Å². The van der Waals surface area contributed by atoms with Crippen LogP contribution in [0.15, 0.2) is 36.4 Å². The molecule has 1 spiro atoms. The van der Waals surface area contributed by atoms with Gasteiger partial charge in [0.1, 0.15) is 0 Å². The fourth-order valence-corrected chi connectivity index (χ4v) is 3.80. The van der Waals surface area contributed by atoms with Crippen molar-refractivity contribution in [2.24, 2.45) is 5.41 Å². The van der Waals surface area contributed by atoms with Crippen LogP contribution in [-0.2, 0) is 9.53 Å². The summed E-state index contributed by atoms with van der Waals surface area (Å²) < 4.78 is 5.28. The summed E-state index contributed by atoms with van der Waals surface area (Å²) in [5.74, 6) is 0.223. The van der Waals surface area contributed by atoms with E-state index in [1.807, 2.05) is 36.9 Å². The average Bonchev–Trinajstić information content (AvgIpc) is 2.91. The molecule has 5 heteroatoms. The molecule has 5 nitrogen and oxygen atoms in total. The van der Waals surface area contributed by atoms with E-state index in [2.05, 4.69) is 24.3 Å². The van der Waals surface area contributed by atoms with Crippen molar-refractivity contribution in [2.45, 2.75) is 39.2 Å². The Kier molecular flexibility index (Phi) is 5.64. The third-order valence-electron chi connectivity index (χ3n) is 5.26. The average molecular weight is 356 g/mol. The van der Waals surface area contributed by atoms with E-state index in [1.165, 1.54) is 0 Å². The van der Waals surface area contributed by atoms with Crippen LogP contribution in [0.5, 0.6) is 0 Å². The highest BCUT2D eigenvalue weighted by atomic mass is 16.6. The minimum absolute atomic E-state index is 0.0201. The maximum atomic E-state index is 12.4. The molecular formula is C21H28N2O3. The van der Waals surface area contributed by atoms with Gasteiger partial charge >= 0.3 is 6.09 Å². The normalized spacial score (nSPS) is 19.7. The summed E-state index contributed by atoms with van der Waals surface area (Å²) in [7, 11) is 0. The summed E-state index contributed by atoms with van der Waals surface area (Å²) in [4.78, 5) is 28.2. The number of likely N-dealkylation sites (tertiary alicyclic amines) is 2. The topological polar surface area (TPSA) is 49.9 Å². The van der Waals surface area contributed by atoms with E-state index in [0.717, 1.165) is 24.9 Å². The van der Waals surface area contributed by atoms with E-state index in [9.17, 15) is 9.59 Å². The highest BCUT2D eigenvalue weighted by Crippen LogP contribution is 2.41. The number of amides is 2. The molecule has 1 aromatic rings. The van der Waals surface area contributed by atoms with Gasteiger partial charge in [0.15, 0.2) is 0 Å². The second-order valence-electron chi connectivity index (χ2n) is 7.68. The maximum absolute atomic E-state index is 12.4. The molecule has 26 heavy (non-hydrogen) atoms. The summed E-state index contributed by atoms with van der Waals surface area (Å²) in [6, 6.07) is 10.1. The lowest BCUT2D eigenvalue weighted by Gasteiger charge is -2.38. The largest absolute Gasteiger partial charge is 0.447 e. The highest BCUT2D eigenvalue weighted by Gasteiger charge is 2.45. The Balaban J connectivity index is 1.51. The zero-order chi connectivity index (χ0) is 18.6. The van der Waals surface area contributed by atoms with Crippen molar-refractivity contribution in [3.63, 3.8) is 0 Å². The van der Waals surface area contributed by atoms with Crippen molar-refractivity contribution < 1.29 is 14.3 Å². The van der Waals surface area contributed by atoms with Gasteiger partial charge in [0.05, 0.1) is 6.10 Å². The number of ether oxygens (including phenoxy) is 1. The maximum Gasteiger partial charge on any atom is 0.410 e. The standard InChI is InChI=1S/C21H28N2O3/c1-17(2)26-20(25)22-13-10-21(11-14-22)15-19(24)23(16-21)12-6-9-18-7-4-3-5-8-18/h3-9,17H,10-16H2,1-2H3/b9-6+. The first-order valence-corrected chi connectivity index (χ1v) is 9.42. The Morgan fingerprint density at radius 1 is 1.23 bits per heavy atom. The third-order valence-corrected chi connectivity index (χ3v) is 5.26. The number of hydrogen-bond acceptors (Lipinski definition) is 3. The zero-order valence-corrected chi connectivity index (χ0v) is 15.7. The molecule has 2 aliphatic heterocycles. The predicted molar refractivity (Wildman–Crippen MR) is 102 cm³/mol. The van der Waals surface area contributed by atoms with Crippen LogP contribution in [0.4, 0.5) is 4.79 Å². The number of nitrogens with zero attached hydrogens (tertiary/aromatic N) is 2. The SMILES string of the molecule is CC(C)OC(=O)N1CCC2(CC1)CC(=O)N(C/C=C/c1ccccc1)C2. The number of hydrogen-bond donors (Lipinski definition) is 0. The molecule has 2 heterocycles. The van der Waals surface area contributed by atoms with Crippen LogP contribution in [0.1, 0.15) is 38.7 Å². The van der Waals surface area contributed by atoms with Crippen LogP contribution in [0.2, 0.25) is 0 Å². The molecule has 0 saturated carbocycles. The summed E-state index contributed by atoms with van der Waals surface area (Å²) in [5, 5.41) is 0. The van der Waals surface area contributed by atoms with Crippen molar-refractivity contribution in [1.82, 2.24) is 9.80 Å². The van der Waals surface area contributed by atoms with E-state index >= 15 is 0 Å². The molecule has 2 aliphatic rings. The van der Waals surface area contributed by atoms with Crippen LogP contribution in [0.3, 0.4) is 0 Å². The van der Waals surface area contributed by atoms with Gasteiger partial charge in [-0.05, 0) is 32.3 Å². The highest BCUT2D eigenvalue weighted by molar-refractivity contribution is 5.80. The molecule has 3 rings (SSSR count). The van der Waals surface area contributed by atoms with E-state index < -0.39 is 0 Å². The third kappa shape index (κ3) is 4.45. The van der Waals surface area contributed by atoms with E-state index in [0.29, 0.717) is 26.1 Å². The Labute approximate surface area is 155 Å². The van der Waals surface area contributed by atoms with E-state index in [-0.39, 0.29) is 23.5 Å². The molecule has 0 radical (unpaired) electrons. The Hall–Kier alpha value is -2.30. The number of rotatable bonds is 4. The molecule has 0 aromatic heterocycles. The van der Waals surface area contributed by atoms with Gasteiger partial charge in [0.25, 0.3) is 0 Å². The molecule has 0 bridgehead atoms. The number of carbonyl (C=O) groups is 2. The monoisotopic (exact) mass is 356 g/mol. The second kappa shape index (κ2) is 7.94. The molecule has 2 saturated heterocycles. The van der Waals surface area contributed by atoms with Crippen molar-refractivity contribution >= 4 is 18.1 Å². The van der Waals surface area contributed by atoms with Gasteiger partial charge in [0.2, 0.25) is 5.91 Å². The van der Waals surface area contributed by atoms with Gasteiger partial charge in [-0.2, -0.15) is 0 Å². The molecule has 0 unspecified atom stereocenters. The Morgan fingerprint density at radius 3 is 2.58 bits per heavy atom. The molecule has 0 aliphatic carbocycles. The van der Waals surface area contributed by atoms with Gasteiger partial charge in [0, 0.05) is 38.0 Å². The quantitative estimate of drug-likeness (QED) is 0.829. The molecule has 0 N–H and O–H groups in total. The number of carbonyl (C=O) groups excluding carboxylic acids is 2. The minimum atomic E-state index is -0.234. The van der Waals surface area contributed by atoms with Gasteiger partial charge in [-0.15, -0.1) is 0 Å². The first kappa shape index (κ1) is 18.5. The first-order valence-electron chi connectivity index (χ1n) is 9.42. The van der Waals surface area contributed by atoms with Gasteiger partial charge in [-0.25, -0.2) is 4.79 Å². The lowest BCUT2D eigenvalue weighted by molar-refractivity contribution is -0.127. The lowest BCUT2D eigenvalue weighted by atomic mass is 9.78. The Bertz CT molecular complexity index is 661. The summed E-state index contributed by atoms with van der Waals surface area (Å²) >= 11 is 0. The van der Waals surface area contributed by atoms with Crippen LogP contribution in [-0.4, -0.2) is 54.1 Å². The van der Waals surface area contributed by atoms with Gasteiger partial charge in [-0.1, -0.05) is 42.5 Å². The number of benzene rings is 1. The lowest BCUT2D eigenvalue weighted by Crippen LogP contribution is -2.45. The van der Waals surface area contributed by atoms with Crippen LogP contribution in [0.25, 0.3) is 6.08 Å². The molecule has 140 valence electrons. The van der Waals surface area contributed by atoms with Crippen molar-refractivity contribution in [3.8, 4) is 0 Å². The summed E-state index contributed by atoms with van der Waals surface area (Å²) in [5.41, 5.74) is 1.16. The van der Waals surface area contributed by atoms with Crippen LogP contribution >= 0.6 is 0 Å². The molecular weight excluding hydrogens is 328 g/mol. The smallest absolute Gasteiger partial charge is 0.410 e. The minimum Gasteiger partial charge on any atom is -0.447 e. The van der Waals surface area contributed by atoms with Crippen molar-refractivity contribution in [1.29, 1.82) is 0 Å². The van der Waals surface area contributed by atoms with Gasteiger partial charge < -0.3 is 14.5 Å². The van der Waals surface area contributed by atoms with E-state index in [1.54, 1.807) is 4.90 Å². The molecule has 2 fully saturated rings. The van der Waals surface area contributed by atoms with Crippen LogP contribution < -0.4 is 0 Å². The van der Waals surface area contributed by atoms with Crippen molar-refractivity contribution in [2.75, 3.05) is 26.2 Å². The molecule has 1 aromatic carbocycles. The molecule has 0 atom stereocenters. The van der Waals surface area contributed by atoms with Crippen LogP contribution in [0, 0.1) is 5.41 Å². The Morgan fingerprint density at radius 2 is 1.92 bits per heavy atom. The zero-order valence-electron chi connectivity index (χ0n) is 15.7. The predicted octanol–water partition coefficient (Wildman–Crippen LogP) is 3.56. The summed E-state index contributed by atoms with van der Waals surface area (Å²) in [6.07, 6.45) is 6.11. The fraction of sp³-hybridized carbons (Fsp3) is 0.524. The summed E-state index contributed by atoms with van der Waals surface area (Å²) in [6.45, 7) is 6.51. The van der Waals surface area contributed by atoms with Crippen molar-refractivity contribution in [3.05, 3.63) is 42.0 Å². The molecule has 2 amide bonds. The number of piperidine rings is 1. The van der Waals surface area contributed by atoms with Gasteiger partial charge in [-0.3, -0.25) is 4.79 Å².